The fraction of sp³-hybridized carbons (Fsp3) is 0.370. The Morgan fingerprint density at radius 3 is 2.46 bits per heavy atom. The predicted octanol–water partition coefficient (Wildman–Crippen LogP) is 3.07. The number of hydrogen-bond donors (Lipinski definition) is 2. The average molecular weight is 477 g/mol. The number of fused-ring (bicyclic) bond motifs is 1. The van der Waals surface area contributed by atoms with Crippen LogP contribution in [-0.4, -0.2) is 50.3 Å². The monoisotopic (exact) mass is 476 g/mol. The van der Waals surface area contributed by atoms with Gasteiger partial charge in [0.1, 0.15) is 16.9 Å². The zero-order valence-electron chi connectivity index (χ0n) is 20.2. The van der Waals surface area contributed by atoms with E-state index in [1.807, 2.05) is 48.5 Å². The summed E-state index contributed by atoms with van der Waals surface area (Å²) in [5.41, 5.74) is 1.61. The summed E-state index contributed by atoms with van der Waals surface area (Å²) in [5.74, 6) is -0.536. The maximum atomic E-state index is 13.6. The predicted molar refractivity (Wildman–Crippen MR) is 131 cm³/mol. The van der Waals surface area contributed by atoms with Crippen LogP contribution in [0, 0.1) is 0 Å². The van der Waals surface area contributed by atoms with E-state index in [0.717, 1.165) is 12.0 Å². The normalized spacial score (nSPS) is 18.3. The second kappa shape index (κ2) is 10.8. The summed E-state index contributed by atoms with van der Waals surface area (Å²) in [6.07, 6.45) is 0.273. The van der Waals surface area contributed by atoms with E-state index in [2.05, 4.69) is 22.5 Å². The van der Waals surface area contributed by atoms with Gasteiger partial charge < -0.3 is 20.1 Å². The summed E-state index contributed by atoms with van der Waals surface area (Å²) in [6, 6.07) is 21.3. The maximum absolute atomic E-state index is 13.6. The lowest BCUT2D eigenvalue weighted by atomic mass is 9.94. The van der Waals surface area contributed by atoms with Gasteiger partial charge in [0.05, 0.1) is 6.54 Å². The molecule has 8 heteroatoms. The van der Waals surface area contributed by atoms with Crippen molar-refractivity contribution >= 4 is 11.8 Å². The largest absolute Gasteiger partial charge is 0.363 e. The molecule has 0 saturated carbocycles. The molecule has 3 aromatic rings. The molecule has 184 valence electrons. The Labute approximate surface area is 205 Å². The van der Waals surface area contributed by atoms with Crippen LogP contribution in [0.3, 0.4) is 0 Å². The molecule has 0 saturated heterocycles. The van der Waals surface area contributed by atoms with Crippen LogP contribution in [0.5, 0.6) is 0 Å². The van der Waals surface area contributed by atoms with Gasteiger partial charge in [0, 0.05) is 19.7 Å². The molecule has 2 N–H and O–H groups in total. The van der Waals surface area contributed by atoms with Gasteiger partial charge >= 0.3 is 0 Å². The lowest BCUT2D eigenvalue weighted by molar-refractivity contribution is -0.133. The zero-order valence-corrected chi connectivity index (χ0v) is 20.2. The van der Waals surface area contributed by atoms with Gasteiger partial charge in [-0.1, -0.05) is 60.7 Å². The Bertz CT molecular complexity index is 1150. The van der Waals surface area contributed by atoms with Crippen molar-refractivity contribution in [2.24, 2.45) is 0 Å². The molecule has 1 aliphatic rings. The number of carbonyl (C=O) groups is 2. The van der Waals surface area contributed by atoms with E-state index in [0.29, 0.717) is 31.8 Å². The van der Waals surface area contributed by atoms with Crippen molar-refractivity contribution in [3.05, 3.63) is 89.2 Å². The number of carbonyl (C=O) groups excluding carboxylic acids is 2. The van der Waals surface area contributed by atoms with Crippen molar-refractivity contribution in [3.63, 3.8) is 0 Å². The molecule has 8 nitrogen and oxygen atoms in total. The summed E-state index contributed by atoms with van der Waals surface area (Å²) >= 11 is 0. The van der Waals surface area contributed by atoms with E-state index >= 15 is 0 Å². The average Bonchev–Trinajstić information content (AvgIpc) is 3.30. The molecule has 0 fully saturated rings. The summed E-state index contributed by atoms with van der Waals surface area (Å²) in [6.45, 7) is 4.81. The van der Waals surface area contributed by atoms with E-state index < -0.39 is 11.8 Å². The minimum Gasteiger partial charge on any atom is -0.363 e. The van der Waals surface area contributed by atoms with Gasteiger partial charge in [0.25, 0.3) is 5.91 Å². The van der Waals surface area contributed by atoms with E-state index in [4.69, 9.17) is 4.74 Å². The minimum absolute atomic E-state index is 0.179. The first-order valence-corrected chi connectivity index (χ1v) is 12.0. The lowest BCUT2D eigenvalue weighted by Gasteiger charge is -2.43. The molecular weight excluding hydrogens is 444 g/mol. The number of aliphatic hydroxyl groups is 1. The van der Waals surface area contributed by atoms with Gasteiger partial charge in [0.15, 0.2) is 6.29 Å². The second-order valence-electron chi connectivity index (χ2n) is 8.91. The van der Waals surface area contributed by atoms with E-state index in [9.17, 15) is 14.7 Å². The SMILES string of the molecule is CCOC(O)c1cc2n(n1)CC(C)(C(=O)NCc1ccccc1)N(CCCc1ccccc1)C2=O. The minimum atomic E-state index is -1.23. The Hall–Kier alpha value is -3.49. The number of nitrogens with one attached hydrogen (secondary N) is 1. The first kappa shape index (κ1) is 24.6. The molecule has 2 atom stereocenters. The summed E-state index contributed by atoms with van der Waals surface area (Å²) in [4.78, 5) is 28.8. The third kappa shape index (κ3) is 5.44. The highest BCUT2D eigenvalue weighted by atomic mass is 16.6. The van der Waals surface area contributed by atoms with E-state index in [-0.39, 0.29) is 24.1 Å². The Balaban J connectivity index is 1.57. The Morgan fingerprint density at radius 1 is 1.14 bits per heavy atom. The summed E-state index contributed by atoms with van der Waals surface area (Å²) in [7, 11) is 0. The fourth-order valence-electron chi connectivity index (χ4n) is 4.43. The van der Waals surface area contributed by atoms with Gasteiger partial charge in [-0.2, -0.15) is 5.10 Å². The van der Waals surface area contributed by atoms with E-state index in [1.165, 1.54) is 10.2 Å². The van der Waals surface area contributed by atoms with Crippen molar-refractivity contribution in [2.75, 3.05) is 13.2 Å². The van der Waals surface area contributed by atoms with Crippen molar-refractivity contribution < 1.29 is 19.4 Å². The molecule has 1 aromatic heterocycles. The molecule has 0 spiro atoms. The highest BCUT2D eigenvalue weighted by Gasteiger charge is 2.47. The van der Waals surface area contributed by atoms with E-state index in [1.54, 1.807) is 24.8 Å². The van der Waals surface area contributed by atoms with Crippen LogP contribution in [0.25, 0.3) is 0 Å². The van der Waals surface area contributed by atoms with Crippen molar-refractivity contribution in [1.82, 2.24) is 20.0 Å². The number of aromatic nitrogens is 2. The van der Waals surface area contributed by atoms with Gasteiger partial charge in [-0.15, -0.1) is 0 Å². The highest BCUT2D eigenvalue weighted by Crippen LogP contribution is 2.29. The van der Waals surface area contributed by atoms with Crippen LogP contribution in [-0.2, 0) is 29.0 Å². The van der Waals surface area contributed by atoms with Crippen LogP contribution in [0.1, 0.15) is 53.9 Å². The molecule has 4 rings (SSSR count). The molecule has 1 aliphatic heterocycles. The first-order chi connectivity index (χ1) is 16.9. The second-order valence-corrected chi connectivity index (χ2v) is 8.91. The standard InChI is InChI=1S/C27H32N4O4/c1-3-35-25(33)22-17-23-24(32)30(16-10-15-20-11-6-4-7-12-20)27(2,19-31(23)29-22)26(34)28-18-21-13-8-5-9-14-21/h4-9,11-14,17,25,33H,3,10,15-16,18-19H2,1-2H3,(H,28,34). The number of aryl methyl sites for hydroxylation is 1. The van der Waals surface area contributed by atoms with Crippen LogP contribution in [0.15, 0.2) is 66.7 Å². The van der Waals surface area contributed by atoms with Gasteiger partial charge in [-0.25, -0.2) is 0 Å². The number of ether oxygens (including phenoxy) is 1. The van der Waals surface area contributed by atoms with Crippen molar-refractivity contribution in [1.29, 1.82) is 0 Å². The molecular formula is C27H32N4O4. The molecule has 2 amide bonds. The van der Waals surface area contributed by atoms with Crippen LogP contribution in [0.4, 0.5) is 0 Å². The molecule has 2 aromatic carbocycles. The molecule has 35 heavy (non-hydrogen) atoms. The number of rotatable bonds is 10. The Kier molecular flexibility index (Phi) is 7.63. The number of nitrogens with zero attached hydrogens (tertiary/aromatic N) is 3. The number of hydrogen-bond acceptors (Lipinski definition) is 5. The number of benzene rings is 2. The van der Waals surface area contributed by atoms with Crippen LogP contribution < -0.4 is 5.32 Å². The third-order valence-corrected chi connectivity index (χ3v) is 6.37. The fourth-order valence-corrected chi connectivity index (χ4v) is 4.43. The summed E-state index contributed by atoms with van der Waals surface area (Å²) < 4.78 is 6.75. The van der Waals surface area contributed by atoms with Crippen LogP contribution >= 0.6 is 0 Å². The van der Waals surface area contributed by atoms with Gasteiger partial charge in [-0.3, -0.25) is 14.3 Å². The number of amides is 2. The molecule has 0 radical (unpaired) electrons. The topological polar surface area (TPSA) is 96.7 Å². The smallest absolute Gasteiger partial charge is 0.273 e. The van der Waals surface area contributed by atoms with Gasteiger partial charge in [-0.05, 0) is 43.9 Å². The number of aliphatic hydroxyl groups excluding tert-OH is 1. The van der Waals surface area contributed by atoms with Crippen molar-refractivity contribution in [3.8, 4) is 0 Å². The maximum Gasteiger partial charge on any atom is 0.273 e. The molecule has 0 bridgehead atoms. The molecule has 2 unspecified atom stereocenters. The summed E-state index contributed by atoms with van der Waals surface area (Å²) in [5, 5.41) is 17.6. The quantitative estimate of drug-likeness (QED) is 0.439. The third-order valence-electron chi connectivity index (χ3n) is 6.37. The highest BCUT2D eigenvalue weighted by molar-refractivity contribution is 5.99. The zero-order chi connectivity index (χ0) is 24.8. The lowest BCUT2D eigenvalue weighted by Crippen LogP contribution is -2.64. The first-order valence-electron chi connectivity index (χ1n) is 12.0. The van der Waals surface area contributed by atoms with Crippen molar-refractivity contribution in [2.45, 2.75) is 51.6 Å². The van der Waals surface area contributed by atoms with Gasteiger partial charge in [0.2, 0.25) is 5.91 Å². The van der Waals surface area contributed by atoms with Crippen LogP contribution in [0.2, 0.25) is 0 Å². The molecule has 2 heterocycles. The molecule has 0 aliphatic carbocycles. The Morgan fingerprint density at radius 2 is 1.80 bits per heavy atom.